The van der Waals surface area contributed by atoms with Crippen molar-refractivity contribution in [2.24, 2.45) is 0 Å². The molecule has 1 N–H and O–H groups in total. The number of esters is 1. The molecule has 37 heavy (non-hydrogen) atoms. The Labute approximate surface area is 218 Å². The number of halogens is 2. The van der Waals surface area contributed by atoms with E-state index >= 15 is 0 Å². The second kappa shape index (κ2) is 11.2. The number of H-pyrrole nitrogens is 1. The van der Waals surface area contributed by atoms with Gasteiger partial charge in [-0.25, -0.2) is 14.2 Å². The Kier molecular flexibility index (Phi) is 8.04. The number of aromatic amines is 1. The van der Waals surface area contributed by atoms with Crippen molar-refractivity contribution >= 4 is 45.2 Å². The van der Waals surface area contributed by atoms with Crippen molar-refractivity contribution in [3.8, 4) is 11.3 Å². The number of rotatable bonds is 10. The Bertz CT molecular complexity index is 1490. The molecule has 4 rings (SSSR count). The molecule has 0 radical (unpaired) electrons. The van der Waals surface area contributed by atoms with E-state index in [2.05, 4.69) is 21.8 Å². The Morgan fingerprint density at radius 2 is 1.97 bits per heavy atom. The Morgan fingerprint density at radius 3 is 2.68 bits per heavy atom. The molecule has 0 amide bonds. The first-order valence-corrected chi connectivity index (χ1v) is 12.6. The average Bonchev–Trinajstić information content (AvgIpc) is 3.28. The molecule has 0 aliphatic heterocycles. The van der Waals surface area contributed by atoms with Crippen molar-refractivity contribution in [2.45, 2.75) is 39.7 Å². The number of benzene rings is 2. The third-order valence-corrected chi connectivity index (χ3v) is 6.64. The number of ether oxygens (including phenoxy) is 1. The van der Waals surface area contributed by atoms with Crippen LogP contribution in [0.5, 0.6) is 0 Å². The number of carbonyl (C=O) groups excluding carboxylic acids is 1. The fourth-order valence-electron chi connectivity index (χ4n) is 4.44. The molecule has 0 bridgehead atoms. The van der Waals surface area contributed by atoms with Crippen molar-refractivity contribution in [3.63, 3.8) is 0 Å². The van der Waals surface area contributed by atoms with Crippen LogP contribution in [0.25, 0.3) is 33.2 Å². The molecule has 0 spiro atoms. The van der Waals surface area contributed by atoms with Gasteiger partial charge in [-0.1, -0.05) is 37.4 Å². The maximum absolute atomic E-state index is 14.1. The molecule has 0 atom stereocenters. The highest BCUT2D eigenvalue weighted by molar-refractivity contribution is 6.40. The van der Waals surface area contributed by atoms with Gasteiger partial charge in [-0.2, -0.15) is 0 Å². The molecule has 2 heterocycles. The minimum Gasteiger partial charge on any atom is -0.462 e. The largest absolute Gasteiger partial charge is 0.462 e. The SMILES string of the molecule is CCCCCN(C)Cc1cc(C(=O)OCC)ccc1-c1cc2c(Cl)c3cc(F)cc([N+](=O)[O-])c3nc2[nH]1. The number of hydrogen-bond acceptors (Lipinski definition) is 6. The van der Waals surface area contributed by atoms with Gasteiger partial charge in [-0.15, -0.1) is 0 Å². The van der Waals surface area contributed by atoms with E-state index in [1.165, 1.54) is 0 Å². The number of non-ortho nitro benzene ring substituents is 1. The molecule has 0 saturated heterocycles. The predicted octanol–water partition coefficient (Wildman–Crippen LogP) is 6.88. The fourth-order valence-corrected chi connectivity index (χ4v) is 4.73. The highest BCUT2D eigenvalue weighted by atomic mass is 35.5. The minimum atomic E-state index is -0.763. The maximum Gasteiger partial charge on any atom is 0.338 e. The van der Waals surface area contributed by atoms with Gasteiger partial charge in [0.2, 0.25) is 0 Å². The Morgan fingerprint density at radius 1 is 1.19 bits per heavy atom. The van der Waals surface area contributed by atoms with E-state index in [0.717, 1.165) is 49.1 Å². The monoisotopic (exact) mass is 526 g/mol. The normalized spacial score (nSPS) is 11.5. The second-order valence-electron chi connectivity index (χ2n) is 8.99. The van der Waals surface area contributed by atoms with E-state index in [1.54, 1.807) is 19.1 Å². The van der Waals surface area contributed by atoms with Crippen LogP contribution >= 0.6 is 11.6 Å². The number of nitrogens with zero attached hydrogens (tertiary/aromatic N) is 3. The molecule has 0 unspecified atom stereocenters. The number of pyridine rings is 1. The van der Waals surface area contributed by atoms with Crippen LogP contribution in [-0.2, 0) is 11.3 Å². The lowest BCUT2D eigenvalue weighted by Gasteiger charge is -2.19. The van der Waals surface area contributed by atoms with E-state index in [0.29, 0.717) is 28.8 Å². The van der Waals surface area contributed by atoms with Crippen LogP contribution < -0.4 is 0 Å². The van der Waals surface area contributed by atoms with Gasteiger partial charge in [0, 0.05) is 28.6 Å². The van der Waals surface area contributed by atoms with E-state index < -0.39 is 22.4 Å². The zero-order valence-corrected chi connectivity index (χ0v) is 21.7. The summed E-state index contributed by atoms with van der Waals surface area (Å²) in [6.45, 7) is 5.68. The maximum atomic E-state index is 14.1. The van der Waals surface area contributed by atoms with Crippen LogP contribution in [0.3, 0.4) is 0 Å². The summed E-state index contributed by atoms with van der Waals surface area (Å²) in [7, 11) is 2.03. The number of carbonyl (C=O) groups is 1. The first kappa shape index (κ1) is 26.5. The quantitative estimate of drug-likeness (QED) is 0.104. The van der Waals surface area contributed by atoms with Crippen molar-refractivity contribution in [3.05, 3.63) is 68.5 Å². The third-order valence-electron chi connectivity index (χ3n) is 6.23. The number of aromatic nitrogens is 2. The molecule has 0 saturated carbocycles. The number of hydrogen-bond donors (Lipinski definition) is 1. The first-order chi connectivity index (χ1) is 17.7. The lowest BCUT2D eigenvalue weighted by Crippen LogP contribution is -2.20. The Hall–Kier alpha value is -3.56. The van der Waals surface area contributed by atoms with Gasteiger partial charge in [-0.05, 0) is 56.8 Å². The molecule has 0 aliphatic rings. The standard InChI is InChI=1S/C27H28ClFN4O4/c1-4-6-7-10-32(3)15-17-11-16(27(34)37-5-2)8-9-19(17)22-14-21-24(28)20-12-18(29)13-23(33(35)36)25(20)31-26(21)30-22/h8-9,11-14H,4-7,10,15H2,1-3H3,(H,30,31). The van der Waals surface area contributed by atoms with Crippen LogP contribution in [0, 0.1) is 15.9 Å². The van der Waals surface area contributed by atoms with E-state index in [1.807, 2.05) is 19.2 Å². The molecule has 194 valence electrons. The molecule has 4 aromatic rings. The zero-order valence-electron chi connectivity index (χ0n) is 20.9. The van der Waals surface area contributed by atoms with Crippen LogP contribution in [0.1, 0.15) is 49.0 Å². The summed E-state index contributed by atoms with van der Waals surface area (Å²) in [6.07, 6.45) is 3.32. The number of fused-ring (bicyclic) bond motifs is 2. The summed E-state index contributed by atoms with van der Waals surface area (Å²) in [5.41, 5.74) is 2.75. The Balaban J connectivity index is 1.83. The fraction of sp³-hybridized carbons (Fsp3) is 0.333. The molecule has 0 fully saturated rings. The van der Waals surface area contributed by atoms with Crippen LogP contribution in [0.15, 0.2) is 36.4 Å². The summed E-state index contributed by atoms with van der Waals surface area (Å²) >= 11 is 6.60. The van der Waals surface area contributed by atoms with Gasteiger partial charge < -0.3 is 14.6 Å². The topological polar surface area (TPSA) is 101 Å². The second-order valence-corrected chi connectivity index (χ2v) is 9.36. The van der Waals surface area contributed by atoms with Crippen molar-refractivity contribution < 1.29 is 18.8 Å². The molecular formula is C27H28ClFN4O4. The van der Waals surface area contributed by atoms with Gasteiger partial charge in [0.15, 0.2) is 5.52 Å². The van der Waals surface area contributed by atoms with Crippen molar-refractivity contribution in [1.82, 2.24) is 14.9 Å². The average molecular weight is 527 g/mol. The highest BCUT2D eigenvalue weighted by Crippen LogP contribution is 2.38. The number of nitrogens with one attached hydrogen (secondary N) is 1. The molecule has 2 aromatic heterocycles. The molecule has 8 nitrogen and oxygen atoms in total. The molecular weight excluding hydrogens is 499 g/mol. The number of unbranched alkanes of at least 4 members (excludes halogenated alkanes) is 2. The van der Waals surface area contributed by atoms with E-state index in [9.17, 15) is 19.3 Å². The van der Waals surface area contributed by atoms with Crippen molar-refractivity contribution in [2.75, 3.05) is 20.2 Å². The summed E-state index contributed by atoms with van der Waals surface area (Å²) in [5, 5.41) is 12.4. The summed E-state index contributed by atoms with van der Waals surface area (Å²) in [4.78, 5) is 33.1. The highest BCUT2D eigenvalue weighted by Gasteiger charge is 2.22. The van der Waals surface area contributed by atoms with Gasteiger partial charge in [-0.3, -0.25) is 10.1 Å². The number of nitro groups is 1. The van der Waals surface area contributed by atoms with Crippen LogP contribution in [0.2, 0.25) is 5.02 Å². The van der Waals surface area contributed by atoms with Gasteiger partial charge in [0.25, 0.3) is 5.69 Å². The predicted molar refractivity (Wildman–Crippen MR) is 142 cm³/mol. The molecule has 0 aliphatic carbocycles. The summed E-state index contributed by atoms with van der Waals surface area (Å²) in [5.74, 6) is -1.16. The molecule has 2 aromatic carbocycles. The van der Waals surface area contributed by atoms with Gasteiger partial charge in [0.1, 0.15) is 11.5 Å². The van der Waals surface area contributed by atoms with E-state index in [-0.39, 0.29) is 22.5 Å². The van der Waals surface area contributed by atoms with Crippen LogP contribution in [-0.4, -0.2) is 46.0 Å². The van der Waals surface area contributed by atoms with E-state index in [4.69, 9.17) is 16.3 Å². The summed E-state index contributed by atoms with van der Waals surface area (Å²) in [6, 6.07) is 9.13. The lowest BCUT2D eigenvalue weighted by molar-refractivity contribution is -0.383. The lowest BCUT2D eigenvalue weighted by atomic mass is 10.0. The molecule has 10 heteroatoms. The minimum absolute atomic E-state index is 0.00541. The van der Waals surface area contributed by atoms with Gasteiger partial charge in [0.05, 0.1) is 28.2 Å². The summed E-state index contributed by atoms with van der Waals surface area (Å²) < 4.78 is 19.3. The number of nitro benzene ring substituents is 1. The van der Waals surface area contributed by atoms with Crippen LogP contribution in [0.4, 0.5) is 10.1 Å². The van der Waals surface area contributed by atoms with Crippen molar-refractivity contribution in [1.29, 1.82) is 0 Å². The third kappa shape index (κ3) is 5.57. The smallest absolute Gasteiger partial charge is 0.338 e. The van der Waals surface area contributed by atoms with Gasteiger partial charge >= 0.3 is 5.97 Å². The first-order valence-electron chi connectivity index (χ1n) is 12.2. The zero-order chi connectivity index (χ0) is 26.7.